The van der Waals surface area contributed by atoms with Gasteiger partial charge in [-0.1, -0.05) is 36.4 Å². The van der Waals surface area contributed by atoms with Crippen molar-refractivity contribution < 1.29 is 14.4 Å². The smallest absolute Gasteiger partial charge is 0.253 e. The van der Waals surface area contributed by atoms with Crippen LogP contribution in [0.5, 0.6) is 0 Å². The van der Waals surface area contributed by atoms with Crippen molar-refractivity contribution in [3.63, 3.8) is 0 Å². The van der Waals surface area contributed by atoms with E-state index < -0.39 is 0 Å². The van der Waals surface area contributed by atoms with Gasteiger partial charge in [-0.15, -0.1) is 0 Å². The Kier molecular flexibility index (Phi) is 6.20. The van der Waals surface area contributed by atoms with Crippen LogP contribution in [0.2, 0.25) is 0 Å². The van der Waals surface area contributed by atoms with Crippen molar-refractivity contribution in [3.8, 4) is 0 Å². The largest absolute Gasteiger partial charge is 0.347 e. The van der Waals surface area contributed by atoms with Gasteiger partial charge in [-0.25, -0.2) is 0 Å². The van der Waals surface area contributed by atoms with E-state index in [4.69, 9.17) is 0 Å². The highest BCUT2D eigenvalue weighted by molar-refractivity contribution is 5.98. The van der Waals surface area contributed by atoms with Crippen LogP contribution in [0.1, 0.15) is 28.8 Å². The Morgan fingerprint density at radius 2 is 1.63 bits per heavy atom. The van der Waals surface area contributed by atoms with E-state index in [-0.39, 0.29) is 30.7 Å². The lowest BCUT2D eigenvalue weighted by molar-refractivity contribution is -0.123. The number of benzene rings is 2. The first-order chi connectivity index (χ1) is 13.1. The molecule has 0 saturated carbocycles. The van der Waals surface area contributed by atoms with E-state index in [1.54, 1.807) is 24.3 Å². The van der Waals surface area contributed by atoms with Crippen LogP contribution in [-0.2, 0) is 16.0 Å². The van der Waals surface area contributed by atoms with E-state index in [1.165, 1.54) is 0 Å². The van der Waals surface area contributed by atoms with E-state index in [0.717, 1.165) is 31.5 Å². The van der Waals surface area contributed by atoms with Crippen molar-refractivity contribution in [3.05, 3.63) is 65.7 Å². The first-order valence-electron chi connectivity index (χ1n) is 9.11. The molecule has 3 rings (SSSR count). The summed E-state index contributed by atoms with van der Waals surface area (Å²) in [6.07, 6.45) is 2.30. The fraction of sp³-hybridized carbons (Fsp3) is 0.286. The van der Waals surface area contributed by atoms with Crippen LogP contribution in [0.3, 0.4) is 0 Å². The van der Waals surface area contributed by atoms with E-state index in [9.17, 15) is 14.4 Å². The summed E-state index contributed by atoms with van der Waals surface area (Å²) in [7, 11) is 0. The van der Waals surface area contributed by atoms with E-state index >= 15 is 0 Å². The molecule has 0 spiro atoms. The Hall–Kier alpha value is -3.15. The minimum Gasteiger partial charge on any atom is -0.347 e. The second-order valence-corrected chi connectivity index (χ2v) is 6.57. The molecule has 3 amide bonds. The predicted molar refractivity (Wildman–Crippen MR) is 103 cm³/mol. The Balaban J connectivity index is 1.49. The molecular formula is C21H23N3O3. The Morgan fingerprint density at radius 1 is 0.889 bits per heavy atom. The molecule has 1 heterocycles. The second kappa shape index (κ2) is 8.98. The Morgan fingerprint density at radius 3 is 2.37 bits per heavy atom. The number of carbonyl (C=O) groups excluding carboxylic acids is 3. The van der Waals surface area contributed by atoms with E-state index in [2.05, 4.69) is 10.6 Å². The van der Waals surface area contributed by atoms with Crippen LogP contribution in [0.15, 0.2) is 54.6 Å². The van der Waals surface area contributed by atoms with Crippen molar-refractivity contribution in [2.45, 2.75) is 19.3 Å². The highest BCUT2D eigenvalue weighted by Gasteiger charge is 2.19. The van der Waals surface area contributed by atoms with Crippen molar-refractivity contribution in [1.82, 2.24) is 10.2 Å². The number of hydrogen-bond donors (Lipinski definition) is 2. The molecule has 1 fully saturated rings. The zero-order valence-corrected chi connectivity index (χ0v) is 15.1. The lowest BCUT2D eigenvalue weighted by Crippen LogP contribution is -2.33. The van der Waals surface area contributed by atoms with E-state index in [1.807, 2.05) is 35.2 Å². The van der Waals surface area contributed by atoms with Gasteiger partial charge in [-0.3, -0.25) is 14.4 Å². The third-order valence-corrected chi connectivity index (χ3v) is 4.44. The van der Waals surface area contributed by atoms with Gasteiger partial charge in [-0.05, 0) is 36.6 Å². The summed E-state index contributed by atoms with van der Waals surface area (Å²) in [5, 5.41) is 5.33. The maximum Gasteiger partial charge on any atom is 0.253 e. The monoisotopic (exact) mass is 365 g/mol. The van der Waals surface area contributed by atoms with Crippen molar-refractivity contribution in [1.29, 1.82) is 0 Å². The third kappa shape index (κ3) is 5.41. The number of nitrogens with one attached hydrogen (secondary N) is 2. The molecule has 0 atom stereocenters. The first kappa shape index (κ1) is 18.6. The van der Waals surface area contributed by atoms with Crippen LogP contribution in [-0.4, -0.2) is 42.3 Å². The highest BCUT2D eigenvalue weighted by Crippen LogP contribution is 2.16. The summed E-state index contributed by atoms with van der Waals surface area (Å²) < 4.78 is 0. The van der Waals surface area contributed by atoms with Gasteiger partial charge in [0.1, 0.15) is 0 Å². The first-order valence-corrected chi connectivity index (χ1v) is 9.11. The molecule has 1 aliphatic rings. The van der Waals surface area contributed by atoms with Crippen LogP contribution in [0.25, 0.3) is 0 Å². The Labute approximate surface area is 158 Å². The van der Waals surface area contributed by atoms with Crippen molar-refractivity contribution >= 4 is 23.4 Å². The zero-order valence-electron chi connectivity index (χ0n) is 15.1. The number of nitrogens with zero attached hydrogens (tertiary/aromatic N) is 1. The molecule has 2 N–H and O–H groups in total. The van der Waals surface area contributed by atoms with Gasteiger partial charge in [0.25, 0.3) is 5.91 Å². The normalized spacial score (nSPS) is 13.3. The highest BCUT2D eigenvalue weighted by atomic mass is 16.2. The molecule has 2 aromatic carbocycles. The molecule has 0 radical (unpaired) electrons. The SMILES string of the molecule is O=C(Cc1ccccc1)NCC(=O)Nc1cccc(C(=O)N2CCCC2)c1. The average molecular weight is 365 g/mol. The Bertz CT molecular complexity index is 814. The molecule has 2 aromatic rings. The van der Waals surface area contributed by atoms with Crippen LogP contribution >= 0.6 is 0 Å². The molecule has 0 bridgehead atoms. The maximum absolute atomic E-state index is 12.4. The molecule has 6 heteroatoms. The minimum absolute atomic E-state index is 0.0141. The average Bonchev–Trinajstić information content (AvgIpc) is 3.22. The molecule has 0 aliphatic carbocycles. The quantitative estimate of drug-likeness (QED) is 0.824. The van der Waals surface area contributed by atoms with Crippen LogP contribution < -0.4 is 10.6 Å². The van der Waals surface area contributed by atoms with Crippen molar-refractivity contribution in [2.75, 3.05) is 25.0 Å². The third-order valence-electron chi connectivity index (χ3n) is 4.44. The molecule has 1 aliphatic heterocycles. The van der Waals surface area contributed by atoms with Crippen LogP contribution in [0.4, 0.5) is 5.69 Å². The molecule has 0 unspecified atom stereocenters. The van der Waals surface area contributed by atoms with Gasteiger partial charge in [0.05, 0.1) is 13.0 Å². The summed E-state index contributed by atoms with van der Waals surface area (Å²) in [6, 6.07) is 16.2. The molecule has 0 aromatic heterocycles. The number of amides is 3. The summed E-state index contributed by atoms with van der Waals surface area (Å²) in [5.41, 5.74) is 1.99. The molecule has 27 heavy (non-hydrogen) atoms. The van der Waals surface area contributed by atoms with Gasteiger partial charge < -0.3 is 15.5 Å². The predicted octanol–water partition coefficient (Wildman–Crippen LogP) is 2.22. The van der Waals surface area contributed by atoms with Crippen molar-refractivity contribution in [2.24, 2.45) is 0 Å². The molecule has 1 saturated heterocycles. The zero-order chi connectivity index (χ0) is 19.1. The molecular weight excluding hydrogens is 342 g/mol. The van der Waals surface area contributed by atoms with Gasteiger partial charge in [0.2, 0.25) is 11.8 Å². The number of likely N-dealkylation sites (tertiary alicyclic amines) is 1. The lowest BCUT2D eigenvalue weighted by atomic mass is 10.1. The molecule has 140 valence electrons. The number of rotatable bonds is 6. The number of anilines is 1. The van der Waals surface area contributed by atoms with Gasteiger partial charge in [-0.2, -0.15) is 0 Å². The standard InChI is InChI=1S/C21H23N3O3/c25-19(13-16-7-2-1-3-8-16)22-15-20(26)23-18-10-6-9-17(14-18)21(27)24-11-4-5-12-24/h1-3,6-10,14H,4-5,11-13,15H2,(H,22,25)(H,23,26). The number of carbonyl (C=O) groups is 3. The van der Waals surface area contributed by atoms with Gasteiger partial charge in [0.15, 0.2) is 0 Å². The van der Waals surface area contributed by atoms with E-state index in [0.29, 0.717) is 11.3 Å². The van der Waals surface area contributed by atoms with Gasteiger partial charge >= 0.3 is 0 Å². The minimum atomic E-state index is -0.331. The fourth-order valence-corrected chi connectivity index (χ4v) is 3.06. The topological polar surface area (TPSA) is 78.5 Å². The summed E-state index contributed by atoms with van der Waals surface area (Å²) >= 11 is 0. The summed E-state index contributed by atoms with van der Waals surface area (Å²) in [6.45, 7) is 1.45. The maximum atomic E-state index is 12.4. The van der Waals surface area contributed by atoms with Crippen LogP contribution in [0, 0.1) is 0 Å². The summed E-state index contributed by atoms with van der Waals surface area (Å²) in [5.74, 6) is -0.559. The number of hydrogen-bond acceptors (Lipinski definition) is 3. The molecule has 6 nitrogen and oxygen atoms in total. The fourth-order valence-electron chi connectivity index (χ4n) is 3.06. The second-order valence-electron chi connectivity index (χ2n) is 6.57. The lowest BCUT2D eigenvalue weighted by Gasteiger charge is -2.15. The van der Waals surface area contributed by atoms with Gasteiger partial charge in [0, 0.05) is 24.3 Å². The summed E-state index contributed by atoms with van der Waals surface area (Å²) in [4.78, 5) is 38.3.